The maximum Gasteiger partial charge on any atom is 0.227 e. The molecule has 5 heteroatoms. The van der Waals surface area contributed by atoms with Crippen LogP contribution in [0.1, 0.15) is 26.7 Å². The molecule has 104 valence electrons. The zero-order valence-corrected chi connectivity index (χ0v) is 11.9. The summed E-state index contributed by atoms with van der Waals surface area (Å²) in [5, 5.41) is 2.77. The van der Waals surface area contributed by atoms with E-state index in [2.05, 4.69) is 17.1 Å². The van der Waals surface area contributed by atoms with Gasteiger partial charge in [-0.25, -0.2) is 0 Å². The van der Waals surface area contributed by atoms with Crippen molar-refractivity contribution >= 4 is 11.8 Å². The van der Waals surface area contributed by atoms with Crippen LogP contribution in [-0.2, 0) is 9.59 Å². The van der Waals surface area contributed by atoms with E-state index in [1.165, 1.54) is 0 Å². The summed E-state index contributed by atoms with van der Waals surface area (Å²) in [7, 11) is 4.02. The number of carbonyl (C=O) groups is 2. The van der Waals surface area contributed by atoms with Gasteiger partial charge in [0.1, 0.15) is 0 Å². The van der Waals surface area contributed by atoms with Gasteiger partial charge >= 0.3 is 0 Å². The molecule has 1 fully saturated rings. The summed E-state index contributed by atoms with van der Waals surface area (Å²) in [6, 6.07) is 0.204. The van der Waals surface area contributed by atoms with Crippen molar-refractivity contribution in [2.75, 3.05) is 33.7 Å². The fraction of sp³-hybridized carbons (Fsp3) is 0.846. The first kappa shape index (κ1) is 15.0. The van der Waals surface area contributed by atoms with E-state index < -0.39 is 0 Å². The third-order valence-corrected chi connectivity index (χ3v) is 3.40. The first-order valence-electron chi connectivity index (χ1n) is 6.67. The van der Waals surface area contributed by atoms with Crippen molar-refractivity contribution in [1.29, 1.82) is 0 Å². The van der Waals surface area contributed by atoms with Gasteiger partial charge in [0, 0.05) is 32.1 Å². The highest BCUT2D eigenvalue weighted by molar-refractivity contribution is 5.83. The van der Waals surface area contributed by atoms with Gasteiger partial charge in [0.15, 0.2) is 0 Å². The molecule has 0 saturated carbocycles. The van der Waals surface area contributed by atoms with Gasteiger partial charge < -0.3 is 15.1 Å². The number of hydrogen-bond donors (Lipinski definition) is 1. The zero-order chi connectivity index (χ0) is 13.7. The van der Waals surface area contributed by atoms with Crippen molar-refractivity contribution in [2.24, 2.45) is 5.92 Å². The lowest BCUT2D eigenvalue weighted by Crippen LogP contribution is -2.50. The normalized spacial score (nSPS) is 21.6. The van der Waals surface area contributed by atoms with Crippen molar-refractivity contribution in [3.05, 3.63) is 0 Å². The number of nitrogens with zero attached hydrogens (tertiary/aromatic N) is 2. The molecule has 0 radical (unpaired) electrons. The van der Waals surface area contributed by atoms with Gasteiger partial charge in [-0.2, -0.15) is 0 Å². The number of nitrogens with one attached hydrogen (secondary N) is 1. The van der Waals surface area contributed by atoms with Gasteiger partial charge in [0.2, 0.25) is 11.8 Å². The summed E-state index contributed by atoms with van der Waals surface area (Å²) in [5.41, 5.74) is 0. The topological polar surface area (TPSA) is 52.7 Å². The third kappa shape index (κ3) is 3.98. The monoisotopic (exact) mass is 255 g/mol. The van der Waals surface area contributed by atoms with Crippen LogP contribution in [0.25, 0.3) is 0 Å². The number of likely N-dealkylation sites (N-methyl/N-ethyl adjacent to an activating group) is 2. The first-order chi connectivity index (χ1) is 8.45. The van der Waals surface area contributed by atoms with Gasteiger partial charge in [0.25, 0.3) is 0 Å². The third-order valence-electron chi connectivity index (χ3n) is 3.40. The highest BCUT2D eigenvalue weighted by atomic mass is 16.2. The Kier molecular flexibility index (Phi) is 5.59. The molecule has 1 rings (SSSR count). The Morgan fingerprint density at radius 1 is 1.50 bits per heavy atom. The maximum absolute atomic E-state index is 12.4. The maximum atomic E-state index is 12.4. The number of piperidine rings is 1. The number of amides is 2. The Morgan fingerprint density at radius 2 is 2.17 bits per heavy atom. The summed E-state index contributed by atoms with van der Waals surface area (Å²) in [4.78, 5) is 27.5. The minimum Gasteiger partial charge on any atom is -0.355 e. The summed E-state index contributed by atoms with van der Waals surface area (Å²) in [6.45, 7) is 6.15. The SMILES string of the molecule is CCN(C(=O)C1CCC(=O)NC1)C(C)CN(C)C. The Hall–Kier alpha value is -1.10. The van der Waals surface area contributed by atoms with Crippen LogP contribution in [0.15, 0.2) is 0 Å². The van der Waals surface area contributed by atoms with Crippen LogP contribution in [0.5, 0.6) is 0 Å². The zero-order valence-electron chi connectivity index (χ0n) is 11.9. The number of hydrogen-bond acceptors (Lipinski definition) is 3. The molecule has 0 spiro atoms. The summed E-state index contributed by atoms with van der Waals surface area (Å²) >= 11 is 0. The molecule has 1 heterocycles. The highest BCUT2D eigenvalue weighted by Gasteiger charge is 2.29. The molecule has 2 atom stereocenters. The van der Waals surface area contributed by atoms with E-state index in [-0.39, 0.29) is 23.8 Å². The van der Waals surface area contributed by atoms with E-state index in [1.807, 2.05) is 25.9 Å². The molecule has 0 aromatic heterocycles. The van der Waals surface area contributed by atoms with Crippen LogP contribution in [0.3, 0.4) is 0 Å². The van der Waals surface area contributed by atoms with E-state index in [4.69, 9.17) is 0 Å². The summed E-state index contributed by atoms with van der Waals surface area (Å²) in [5.74, 6) is 0.183. The molecule has 0 aromatic carbocycles. The highest BCUT2D eigenvalue weighted by Crippen LogP contribution is 2.16. The number of carbonyl (C=O) groups excluding carboxylic acids is 2. The van der Waals surface area contributed by atoms with Gasteiger partial charge in [-0.15, -0.1) is 0 Å². The first-order valence-corrected chi connectivity index (χ1v) is 6.67. The Bertz CT molecular complexity index is 295. The van der Waals surface area contributed by atoms with E-state index >= 15 is 0 Å². The molecule has 0 aliphatic carbocycles. The summed E-state index contributed by atoms with van der Waals surface area (Å²) in [6.07, 6.45) is 1.14. The minimum atomic E-state index is -0.0488. The van der Waals surface area contributed by atoms with Gasteiger partial charge in [-0.05, 0) is 34.4 Å². The lowest BCUT2D eigenvalue weighted by atomic mass is 9.97. The predicted molar refractivity (Wildman–Crippen MR) is 71.1 cm³/mol. The molecule has 1 aliphatic rings. The molecule has 2 unspecified atom stereocenters. The Labute approximate surface area is 110 Å². The fourth-order valence-corrected chi connectivity index (χ4v) is 2.49. The molecule has 5 nitrogen and oxygen atoms in total. The van der Waals surface area contributed by atoms with E-state index in [9.17, 15) is 9.59 Å². The van der Waals surface area contributed by atoms with Crippen LogP contribution in [0, 0.1) is 5.92 Å². The molecule has 1 aliphatic heterocycles. The second kappa shape index (κ2) is 6.73. The molecule has 18 heavy (non-hydrogen) atoms. The molecule has 0 aromatic rings. The Balaban J connectivity index is 2.58. The second-order valence-corrected chi connectivity index (χ2v) is 5.28. The van der Waals surface area contributed by atoms with Gasteiger partial charge in [-0.3, -0.25) is 9.59 Å². The van der Waals surface area contributed by atoms with Crippen molar-refractivity contribution in [3.63, 3.8) is 0 Å². The van der Waals surface area contributed by atoms with E-state index in [0.717, 1.165) is 13.1 Å². The quantitative estimate of drug-likeness (QED) is 0.769. The average Bonchev–Trinajstić information content (AvgIpc) is 2.29. The Morgan fingerprint density at radius 3 is 2.61 bits per heavy atom. The van der Waals surface area contributed by atoms with Crippen molar-refractivity contribution < 1.29 is 9.59 Å². The molecular weight excluding hydrogens is 230 g/mol. The van der Waals surface area contributed by atoms with Crippen LogP contribution in [0.2, 0.25) is 0 Å². The average molecular weight is 255 g/mol. The summed E-state index contributed by atoms with van der Waals surface area (Å²) < 4.78 is 0. The lowest BCUT2D eigenvalue weighted by Gasteiger charge is -2.34. The van der Waals surface area contributed by atoms with Gasteiger partial charge in [-0.1, -0.05) is 0 Å². The van der Waals surface area contributed by atoms with Crippen molar-refractivity contribution in [3.8, 4) is 0 Å². The van der Waals surface area contributed by atoms with Crippen LogP contribution < -0.4 is 5.32 Å². The predicted octanol–water partition coefficient (Wildman–Crippen LogP) is 0.311. The van der Waals surface area contributed by atoms with Crippen molar-refractivity contribution in [2.45, 2.75) is 32.7 Å². The van der Waals surface area contributed by atoms with Crippen LogP contribution in [0.4, 0.5) is 0 Å². The number of rotatable bonds is 5. The lowest BCUT2D eigenvalue weighted by molar-refractivity contribution is -0.139. The van der Waals surface area contributed by atoms with Crippen LogP contribution >= 0.6 is 0 Å². The van der Waals surface area contributed by atoms with E-state index in [1.54, 1.807) is 0 Å². The minimum absolute atomic E-state index is 0.0488. The van der Waals surface area contributed by atoms with E-state index in [0.29, 0.717) is 19.4 Å². The van der Waals surface area contributed by atoms with Crippen molar-refractivity contribution in [1.82, 2.24) is 15.1 Å². The van der Waals surface area contributed by atoms with Gasteiger partial charge in [0.05, 0.1) is 5.92 Å². The molecule has 0 bridgehead atoms. The second-order valence-electron chi connectivity index (χ2n) is 5.28. The molecular formula is C13H25N3O2. The standard InChI is InChI=1S/C13H25N3O2/c1-5-16(10(2)9-15(3)4)13(18)11-6-7-12(17)14-8-11/h10-11H,5-9H2,1-4H3,(H,14,17). The van der Waals surface area contributed by atoms with Crippen LogP contribution in [-0.4, -0.2) is 61.4 Å². The molecule has 1 N–H and O–H groups in total. The molecule has 1 saturated heterocycles. The molecule has 2 amide bonds. The largest absolute Gasteiger partial charge is 0.355 e. The fourth-order valence-electron chi connectivity index (χ4n) is 2.49. The smallest absolute Gasteiger partial charge is 0.227 e.